The van der Waals surface area contributed by atoms with E-state index in [0.29, 0.717) is 0 Å². The van der Waals surface area contributed by atoms with E-state index in [2.05, 4.69) is 10.2 Å². The molecule has 0 atom stereocenters. The lowest BCUT2D eigenvalue weighted by Crippen LogP contribution is -2.39. The van der Waals surface area contributed by atoms with E-state index in [1.165, 1.54) is 0 Å². The molecule has 0 saturated heterocycles. The van der Waals surface area contributed by atoms with E-state index < -0.39 is 0 Å². The van der Waals surface area contributed by atoms with Crippen molar-refractivity contribution < 1.29 is 10.2 Å². The molecule has 0 spiro atoms. The first-order valence-electron chi connectivity index (χ1n) is 1.50. The van der Waals surface area contributed by atoms with Crippen LogP contribution in [-0.2, 0) is 0 Å². The van der Waals surface area contributed by atoms with Crippen LogP contribution in [0.15, 0.2) is 6.33 Å². The molecule has 0 amide bonds. The minimum Gasteiger partial charge on any atom is -0.670 e. The van der Waals surface area contributed by atoms with E-state index in [0.717, 1.165) is 6.33 Å². The SMILES string of the molecule is [O-][n+]1ncnn1O. The average molecular weight is 102 g/mol. The maximum Gasteiger partial charge on any atom is 0.301 e. The Bertz CT molecular complexity index is 142. The Morgan fingerprint density at radius 1 is 1.86 bits per heavy atom. The van der Waals surface area contributed by atoms with Crippen LogP contribution >= 0.6 is 0 Å². The number of rotatable bonds is 0. The van der Waals surface area contributed by atoms with Crippen molar-refractivity contribution >= 4 is 0 Å². The van der Waals surface area contributed by atoms with Gasteiger partial charge >= 0.3 is 6.33 Å². The topological polar surface area (TPSA) is 77.9 Å². The summed E-state index contributed by atoms with van der Waals surface area (Å²) in [6.07, 6.45) is 0.938. The Morgan fingerprint density at radius 3 is 2.71 bits per heavy atom. The van der Waals surface area contributed by atoms with Crippen molar-refractivity contribution in [1.82, 2.24) is 15.2 Å². The fourth-order valence-corrected chi connectivity index (χ4v) is 0.204. The molecule has 6 heteroatoms. The van der Waals surface area contributed by atoms with E-state index in [9.17, 15) is 5.21 Å². The van der Waals surface area contributed by atoms with Crippen molar-refractivity contribution in [2.24, 2.45) is 0 Å². The van der Waals surface area contributed by atoms with Gasteiger partial charge in [0, 0.05) is 0 Å². The minimum absolute atomic E-state index is 0.0556. The molecule has 0 aromatic carbocycles. The first kappa shape index (κ1) is 3.85. The van der Waals surface area contributed by atoms with Gasteiger partial charge in [0.1, 0.15) is 5.10 Å². The highest BCUT2D eigenvalue weighted by Gasteiger charge is 1.94. The molecule has 7 heavy (non-hydrogen) atoms. The molecule has 1 aromatic heterocycles. The van der Waals surface area contributed by atoms with Gasteiger partial charge in [0.05, 0.1) is 0 Å². The van der Waals surface area contributed by atoms with Gasteiger partial charge in [-0.25, -0.2) is 0 Å². The zero-order chi connectivity index (χ0) is 5.28. The Balaban J connectivity index is 3.12. The number of hydrogen-bond donors (Lipinski definition) is 1. The summed E-state index contributed by atoms with van der Waals surface area (Å²) < 4.78 is 0. The van der Waals surface area contributed by atoms with E-state index in [4.69, 9.17) is 5.21 Å². The monoisotopic (exact) mass is 102 g/mol. The second-order valence-corrected chi connectivity index (χ2v) is 0.867. The lowest BCUT2D eigenvalue weighted by atomic mass is 11.4. The fraction of sp³-hybridized carbons (Fsp3) is 0. The van der Waals surface area contributed by atoms with Crippen LogP contribution < -0.4 is 4.96 Å². The molecule has 38 valence electrons. The molecule has 1 N–H and O–H groups in total. The van der Waals surface area contributed by atoms with Crippen molar-refractivity contribution in [2.45, 2.75) is 0 Å². The highest BCUT2D eigenvalue weighted by atomic mass is 16.7. The molecule has 0 bridgehead atoms. The number of nitrogens with zero attached hydrogens (tertiary/aromatic N) is 4. The molecule has 1 heterocycles. The van der Waals surface area contributed by atoms with Crippen LogP contribution in [0.4, 0.5) is 0 Å². The number of tetrazole rings is 1. The Labute approximate surface area is 38.1 Å². The van der Waals surface area contributed by atoms with Gasteiger partial charge in [-0.15, -0.1) is 0 Å². The predicted octanol–water partition coefficient (Wildman–Crippen LogP) is -1.85. The van der Waals surface area contributed by atoms with Crippen LogP contribution in [0.5, 0.6) is 0 Å². The molecule has 0 aliphatic heterocycles. The quantitative estimate of drug-likeness (QED) is 0.237. The van der Waals surface area contributed by atoms with Crippen molar-refractivity contribution in [3.63, 3.8) is 0 Å². The zero-order valence-corrected chi connectivity index (χ0v) is 3.22. The summed E-state index contributed by atoms with van der Waals surface area (Å²) >= 11 is 0. The van der Waals surface area contributed by atoms with Crippen LogP contribution in [0.1, 0.15) is 0 Å². The van der Waals surface area contributed by atoms with Crippen molar-refractivity contribution in [2.75, 3.05) is 0 Å². The predicted molar refractivity (Wildman–Crippen MR) is 16.2 cm³/mol. The van der Waals surface area contributed by atoms with Gasteiger partial charge in [0.2, 0.25) is 0 Å². The van der Waals surface area contributed by atoms with Gasteiger partial charge in [0.15, 0.2) is 4.96 Å². The van der Waals surface area contributed by atoms with Crippen molar-refractivity contribution in [3.8, 4) is 0 Å². The van der Waals surface area contributed by atoms with Crippen LogP contribution in [0.2, 0.25) is 0 Å². The highest BCUT2D eigenvalue weighted by molar-refractivity contribution is 4.22. The van der Waals surface area contributed by atoms with E-state index in [1.54, 1.807) is 0 Å². The molecule has 0 aliphatic rings. The van der Waals surface area contributed by atoms with Crippen LogP contribution in [0.3, 0.4) is 0 Å². The molecule has 0 saturated carbocycles. The van der Waals surface area contributed by atoms with Crippen molar-refractivity contribution in [1.29, 1.82) is 0 Å². The third kappa shape index (κ3) is 0.443. The molecule has 1 aromatic rings. The zero-order valence-electron chi connectivity index (χ0n) is 3.22. The van der Waals surface area contributed by atoms with Gasteiger partial charge in [-0.2, -0.15) is 0 Å². The third-order valence-electron chi connectivity index (χ3n) is 0.458. The largest absolute Gasteiger partial charge is 0.670 e. The van der Waals surface area contributed by atoms with E-state index >= 15 is 0 Å². The molecule has 1 rings (SSSR count). The van der Waals surface area contributed by atoms with Gasteiger partial charge in [-0.3, -0.25) is 0 Å². The maximum absolute atomic E-state index is 9.88. The fourth-order valence-electron chi connectivity index (χ4n) is 0.204. The molecule has 6 nitrogen and oxygen atoms in total. The smallest absolute Gasteiger partial charge is 0.301 e. The van der Waals surface area contributed by atoms with Crippen LogP contribution in [0, 0.1) is 5.21 Å². The van der Waals surface area contributed by atoms with Crippen LogP contribution in [-0.4, -0.2) is 20.4 Å². The minimum atomic E-state index is -0.0556. The molecule has 0 aliphatic carbocycles. The maximum atomic E-state index is 9.88. The number of aromatic nitrogens is 4. The summed E-state index contributed by atoms with van der Waals surface area (Å²) in [5, 5.41) is 24.0. The molecule has 0 fully saturated rings. The van der Waals surface area contributed by atoms with Crippen molar-refractivity contribution in [3.05, 3.63) is 11.5 Å². The first-order valence-corrected chi connectivity index (χ1v) is 1.50. The first-order chi connectivity index (χ1) is 3.30. The normalized spacial score (nSPS) is 9.14. The number of hydrogen-bond acceptors (Lipinski definition) is 4. The van der Waals surface area contributed by atoms with E-state index in [-0.39, 0.29) is 9.92 Å². The highest BCUT2D eigenvalue weighted by Crippen LogP contribution is 1.53. The molecule has 0 radical (unpaired) electrons. The Kier molecular flexibility index (Phi) is 0.588. The summed E-state index contributed by atoms with van der Waals surface area (Å²) in [5.41, 5.74) is 0. The van der Waals surface area contributed by atoms with Gasteiger partial charge in [0.25, 0.3) is 0 Å². The van der Waals surface area contributed by atoms with Gasteiger partial charge in [-0.1, -0.05) is 0 Å². The standard InChI is InChI=1S/CH2N4O2/c6-4-2-1-3-5(4)7/h1,6H. The Morgan fingerprint density at radius 2 is 2.57 bits per heavy atom. The summed E-state index contributed by atoms with van der Waals surface area (Å²) in [4.78, 5) is 0.0278. The molecule has 0 unspecified atom stereocenters. The van der Waals surface area contributed by atoms with E-state index in [1.807, 2.05) is 0 Å². The summed E-state index contributed by atoms with van der Waals surface area (Å²) in [6, 6.07) is 0. The molecular weight excluding hydrogens is 100 g/mol. The second kappa shape index (κ2) is 1.07. The average Bonchev–Trinajstić information content (AvgIpc) is 1.91. The summed E-state index contributed by atoms with van der Waals surface area (Å²) in [5.74, 6) is 0. The van der Waals surface area contributed by atoms with Gasteiger partial charge in [-0.05, 0) is 10.1 Å². The third-order valence-corrected chi connectivity index (χ3v) is 0.458. The lowest BCUT2D eigenvalue weighted by Gasteiger charge is -1.86. The Hall–Kier alpha value is -1.33. The van der Waals surface area contributed by atoms with Crippen LogP contribution in [0.25, 0.3) is 0 Å². The summed E-state index contributed by atoms with van der Waals surface area (Å²) in [6.45, 7) is 0. The molecular formula is CH2N4O2. The second-order valence-electron chi connectivity index (χ2n) is 0.867. The van der Waals surface area contributed by atoms with Gasteiger partial charge < -0.3 is 10.4 Å². The summed E-state index contributed by atoms with van der Waals surface area (Å²) in [7, 11) is 0. The lowest BCUT2D eigenvalue weighted by molar-refractivity contribution is -0.781.